The van der Waals surface area contributed by atoms with Gasteiger partial charge in [-0.2, -0.15) is 0 Å². The van der Waals surface area contributed by atoms with Crippen LogP contribution in [0.5, 0.6) is 5.75 Å². The normalized spacial score (nSPS) is 17.1. The second-order valence-electron chi connectivity index (χ2n) is 5.51. The van der Waals surface area contributed by atoms with Gasteiger partial charge in [-0.25, -0.2) is 9.18 Å². The standard InChI is InChI=1S/C16H21FN2O4/c17-13-3-5-14(6-4-13)23-10-2-1-8-18-16(22)19-9-7-12(11-19)15(20)21/h3-6,12H,1-2,7-11H2,(H,18,22)(H,20,21). The largest absolute Gasteiger partial charge is 0.494 e. The van der Waals surface area contributed by atoms with Gasteiger partial charge in [0, 0.05) is 19.6 Å². The van der Waals surface area contributed by atoms with E-state index in [0.717, 1.165) is 12.8 Å². The number of urea groups is 1. The van der Waals surface area contributed by atoms with E-state index >= 15 is 0 Å². The molecule has 1 aliphatic heterocycles. The van der Waals surface area contributed by atoms with Crippen molar-refractivity contribution in [1.29, 1.82) is 0 Å². The highest BCUT2D eigenvalue weighted by Crippen LogP contribution is 2.16. The summed E-state index contributed by atoms with van der Waals surface area (Å²) in [5.41, 5.74) is 0. The lowest BCUT2D eigenvalue weighted by Gasteiger charge is -2.16. The van der Waals surface area contributed by atoms with E-state index in [1.54, 1.807) is 12.1 Å². The number of ether oxygens (including phenoxy) is 1. The van der Waals surface area contributed by atoms with Crippen molar-refractivity contribution in [2.24, 2.45) is 5.92 Å². The number of benzene rings is 1. The Labute approximate surface area is 134 Å². The zero-order valence-electron chi connectivity index (χ0n) is 12.8. The van der Waals surface area contributed by atoms with Gasteiger partial charge in [0.2, 0.25) is 0 Å². The van der Waals surface area contributed by atoms with Crippen LogP contribution in [0.15, 0.2) is 24.3 Å². The number of carbonyl (C=O) groups excluding carboxylic acids is 1. The van der Waals surface area contributed by atoms with Gasteiger partial charge in [-0.3, -0.25) is 4.79 Å². The SMILES string of the molecule is O=C(O)C1CCN(C(=O)NCCCCOc2ccc(F)cc2)C1. The maximum atomic E-state index is 12.7. The van der Waals surface area contributed by atoms with E-state index in [4.69, 9.17) is 9.84 Å². The third kappa shape index (κ3) is 5.43. The summed E-state index contributed by atoms with van der Waals surface area (Å²) < 4.78 is 18.2. The molecule has 1 aliphatic rings. The topological polar surface area (TPSA) is 78.9 Å². The first-order valence-electron chi connectivity index (χ1n) is 7.70. The summed E-state index contributed by atoms with van der Waals surface area (Å²) in [7, 11) is 0. The summed E-state index contributed by atoms with van der Waals surface area (Å²) >= 11 is 0. The molecule has 1 saturated heterocycles. The van der Waals surface area contributed by atoms with Crippen molar-refractivity contribution in [1.82, 2.24) is 10.2 Å². The summed E-state index contributed by atoms with van der Waals surface area (Å²) in [6.07, 6.45) is 2.02. The molecule has 6 nitrogen and oxygen atoms in total. The fourth-order valence-corrected chi connectivity index (χ4v) is 2.40. The first-order chi connectivity index (χ1) is 11.1. The number of nitrogens with one attached hydrogen (secondary N) is 1. The maximum absolute atomic E-state index is 12.7. The summed E-state index contributed by atoms with van der Waals surface area (Å²) in [5, 5.41) is 11.7. The van der Waals surface area contributed by atoms with E-state index in [0.29, 0.717) is 31.9 Å². The zero-order valence-corrected chi connectivity index (χ0v) is 12.8. The molecule has 23 heavy (non-hydrogen) atoms. The van der Waals surface area contributed by atoms with Crippen LogP contribution < -0.4 is 10.1 Å². The van der Waals surface area contributed by atoms with Crippen molar-refractivity contribution >= 4 is 12.0 Å². The number of carbonyl (C=O) groups is 2. The molecule has 1 aromatic rings. The molecule has 1 unspecified atom stereocenters. The van der Waals surface area contributed by atoms with Crippen LogP contribution in [0.4, 0.5) is 9.18 Å². The Morgan fingerprint density at radius 2 is 2.04 bits per heavy atom. The highest BCUT2D eigenvalue weighted by Gasteiger charge is 2.30. The third-order valence-corrected chi connectivity index (χ3v) is 3.75. The summed E-state index contributed by atoms with van der Waals surface area (Å²) in [6.45, 7) is 1.76. The molecule has 0 saturated carbocycles. The van der Waals surface area contributed by atoms with Crippen LogP contribution in [0.1, 0.15) is 19.3 Å². The third-order valence-electron chi connectivity index (χ3n) is 3.75. The number of carboxylic acid groups (broad SMARTS) is 1. The fourth-order valence-electron chi connectivity index (χ4n) is 2.40. The summed E-state index contributed by atoms with van der Waals surface area (Å²) in [4.78, 5) is 24.2. The van der Waals surface area contributed by atoms with Crippen molar-refractivity contribution in [3.8, 4) is 5.75 Å². The van der Waals surface area contributed by atoms with E-state index in [1.165, 1.54) is 17.0 Å². The van der Waals surface area contributed by atoms with Crippen LogP contribution in [-0.4, -0.2) is 48.2 Å². The van der Waals surface area contributed by atoms with Crippen molar-refractivity contribution in [2.45, 2.75) is 19.3 Å². The molecular weight excluding hydrogens is 303 g/mol. The van der Waals surface area contributed by atoms with E-state index in [9.17, 15) is 14.0 Å². The molecule has 0 aliphatic carbocycles. The Kier molecular flexibility index (Phi) is 6.19. The van der Waals surface area contributed by atoms with Gasteiger partial charge in [0.05, 0.1) is 12.5 Å². The van der Waals surface area contributed by atoms with Gasteiger partial charge in [-0.15, -0.1) is 0 Å². The van der Waals surface area contributed by atoms with Crippen LogP contribution >= 0.6 is 0 Å². The number of unbranched alkanes of at least 4 members (excludes halogenated alkanes) is 1. The van der Waals surface area contributed by atoms with Crippen LogP contribution in [0, 0.1) is 11.7 Å². The molecule has 1 aromatic carbocycles. The molecule has 2 N–H and O–H groups in total. The number of nitrogens with zero attached hydrogens (tertiary/aromatic N) is 1. The van der Waals surface area contributed by atoms with E-state index in [1.807, 2.05) is 0 Å². The Bertz CT molecular complexity index is 535. The number of carboxylic acids is 1. The highest BCUT2D eigenvalue weighted by atomic mass is 19.1. The number of likely N-dealkylation sites (tertiary alicyclic amines) is 1. The predicted molar refractivity (Wildman–Crippen MR) is 81.8 cm³/mol. The lowest BCUT2D eigenvalue weighted by atomic mass is 10.1. The fraction of sp³-hybridized carbons (Fsp3) is 0.500. The van der Waals surface area contributed by atoms with Crippen LogP contribution in [0.2, 0.25) is 0 Å². The Morgan fingerprint density at radius 3 is 2.70 bits per heavy atom. The van der Waals surface area contributed by atoms with Crippen molar-refractivity contribution in [3.63, 3.8) is 0 Å². The second-order valence-corrected chi connectivity index (χ2v) is 5.51. The van der Waals surface area contributed by atoms with Crippen LogP contribution in [-0.2, 0) is 4.79 Å². The van der Waals surface area contributed by atoms with Crippen molar-refractivity contribution in [3.05, 3.63) is 30.1 Å². The molecule has 0 aromatic heterocycles. The monoisotopic (exact) mass is 324 g/mol. The minimum atomic E-state index is -0.849. The van der Waals surface area contributed by atoms with E-state index in [-0.39, 0.29) is 18.4 Å². The molecule has 126 valence electrons. The van der Waals surface area contributed by atoms with Crippen LogP contribution in [0.25, 0.3) is 0 Å². The number of hydrogen-bond acceptors (Lipinski definition) is 3. The molecule has 0 radical (unpaired) electrons. The van der Waals surface area contributed by atoms with Crippen molar-refractivity contribution in [2.75, 3.05) is 26.2 Å². The van der Waals surface area contributed by atoms with Crippen LogP contribution in [0.3, 0.4) is 0 Å². The minimum absolute atomic E-state index is 0.215. The summed E-state index contributed by atoms with van der Waals surface area (Å²) in [6, 6.07) is 5.62. The number of rotatable bonds is 7. The minimum Gasteiger partial charge on any atom is -0.494 e. The molecule has 0 spiro atoms. The predicted octanol–water partition coefficient (Wildman–Crippen LogP) is 2.10. The molecular formula is C16H21FN2O4. The number of aliphatic carboxylic acids is 1. The average molecular weight is 324 g/mol. The molecule has 0 bridgehead atoms. The Balaban J connectivity index is 1.54. The molecule has 2 rings (SSSR count). The molecule has 1 atom stereocenters. The molecule has 1 heterocycles. The van der Waals surface area contributed by atoms with Gasteiger partial charge in [-0.1, -0.05) is 0 Å². The molecule has 7 heteroatoms. The summed E-state index contributed by atoms with van der Waals surface area (Å²) in [5.74, 6) is -0.984. The second kappa shape index (κ2) is 8.36. The average Bonchev–Trinajstić information content (AvgIpc) is 3.02. The van der Waals surface area contributed by atoms with Crippen molar-refractivity contribution < 1.29 is 23.8 Å². The Morgan fingerprint density at radius 1 is 1.30 bits per heavy atom. The maximum Gasteiger partial charge on any atom is 0.317 e. The van der Waals surface area contributed by atoms with Gasteiger partial charge in [0.25, 0.3) is 0 Å². The van der Waals surface area contributed by atoms with Gasteiger partial charge in [-0.05, 0) is 43.5 Å². The lowest BCUT2D eigenvalue weighted by molar-refractivity contribution is -0.141. The zero-order chi connectivity index (χ0) is 16.7. The van der Waals surface area contributed by atoms with Gasteiger partial charge >= 0.3 is 12.0 Å². The van der Waals surface area contributed by atoms with Gasteiger partial charge in [0.1, 0.15) is 11.6 Å². The molecule has 2 amide bonds. The first-order valence-corrected chi connectivity index (χ1v) is 7.70. The van der Waals surface area contributed by atoms with Gasteiger partial charge in [0.15, 0.2) is 0 Å². The van der Waals surface area contributed by atoms with E-state index in [2.05, 4.69) is 5.32 Å². The highest BCUT2D eigenvalue weighted by molar-refractivity contribution is 5.77. The van der Waals surface area contributed by atoms with Gasteiger partial charge < -0.3 is 20.1 Å². The molecule has 1 fully saturated rings. The number of hydrogen-bond donors (Lipinski definition) is 2. The first kappa shape index (κ1) is 17.1. The number of halogens is 1. The quantitative estimate of drug-likeness (QED) is 0.753. The smallest absolute Gasteiger partial charge is 0.317 e. The Hall–Kier alpha value is -2.31. The lowest BCUT2D eigenvalue weighted by Crippen LogP contribution is -2.39. The van der Waals surface area contributed by atoms with E-state index < -0.39 is 11.9 Å². The number of amides is 2.